The van der Waals surface area contributed by atoms with Crippen LogP contribution in [0.15, 0.2) is 16.8 Å². The summed E-state index contributed by atoms with van der Waals surface area (Å²) in [5, 5.41) is 5.38. The summed E-state index contributed by atoms with van der Waals surface area (Å²) in [6.07, 6.45) is 4.32. The average molecular weight is 291 g/mol. The smallest absolute Gasteiger partial charge is 0.133 e. The molecule has 0 N–H and O–H groups in total. The van der Waals surface area contributed by atoms with E-state index < -0.39 is 0 Å². The van der Waals surface area contributed by atoms with Crippen LogP contribution in [0.4, 0.5) is 0 Å². The first-order chi connectivity index (χ1) is 9.55. The maximum atomic E-state index is 5.13. The lowest BCUT2D eigenvalue weighted by molar-refractivity contribution is 0.158. The number of thiazole rings is 1. The molecule has 0 aliphatic carbocycles. The van der Waals surface area contributed by atoms with Crippen molar-refractivity contribution in [2.45, 2.75) is 45.6 Å². The van der Waals surface area contributed by atoms with Gasteiger partial charge in [0.15, 0.2) is 0 Å². The second kappa shape index (κ2) is 5.30. The third-order valence-electron chi connectivity index (χ3n) is 4.16. The van der Waals surface area contributed by atoms with Crippen LogP contribution in [0, 0.1) is 13.8 Å². The van der Waals surface area contributed by atoms with Crippen molar-refractivity contribution in [3.8, 4) is 0 Å². The van der Waals surface area contributed by atoms with Crippen molar-refractivity contribution in [3.05, 3.63) is 33.6 Å². The molecule has 2 aromatic heterocycles. The average Bonchev–Trinajstić information content (AvgIpc) is 3.02. The lowest BCUT2D eigenvalue weighted by Gasteiger charge is -2.37. The fourth-order valence-electron chi connectivity index (χ4n) is 2.77. The number of aromatic nitrogens is 2. The Morgan fingerprint density at radius 3 is 2.65 bits per heavy atom. The van der Waals surface area contributed by atoms with Gasteiger partial charge in [0.1, 0.15) is 5.76 Å². The molecule has 2 aromatic rings. The third-order valence-corrected chi connectivity index (χ3v) is 5.38. The van der Waals surface area contributed by atoms with Crippen molar-refractivity contribution in [1.82, 2.24) is 15.0 Å². The Labute approximate surface area is 123 Å². The highest BCUT2D eigenvalue weighted by atomic mass is 32.1. The van der Waals surface area contributed by atoms with Gasteiger partial charge in [-0.15, -0.1) is 11.3 Å². The summed E-state index contributed by atoms with van der Waals surface area (Å²) in [5.41, 5.74) is 1.28. The van der Waals surface area contributed by atoms with Gasteiger partial charge in [0, 0.05) is 29.1 Å². The van der Waals surface area contributed by atoms with Gasteiger partial charge < -0.3 is 4.52 Å². The Kier molecular flexibility index (Phi) is 3.65. The SMILES string of the molecule is Cc1cc(CN2CCC(C)(c3ncc(C)s3)CC2)no1. The number of piperidine rings is 1. The fourth-order valence-corrected chi connectivity index (χ4v) is 3.74. The van der Waals surface area contributed by atoms with Crippen LogP contribution in [0.5, 0.6) is 0 Å². The van der Waals surface area contributed by atoms with E-state index in [0.29, 0.717) is 0 Å². The van der Waals surface area contributed by atoms with Crippen molar-refractivity contribution in [2.75, 3.05) is 13.1 Å². The highest BCUT2D eigenvalue weighted by Gasteiger charge is 2.34. The zero-order chi connectivity index (χ0) is 14.2. The number of likely N-dealkylation sites (tertiary alicyclic amines) is 1. The highest BCUT2D eigenvalue weighted by Crippen LogP contribution is 2.37. The van der Waals surface area contributed by atoms with Crippen LogP contribution in [0.25, 0.3) is 0 Å². The molecule has 0 spiro atoms. The molecule has 0 unspecified atom stereocenters. The Balaban J connectivity index is 1.61. The van der Waals surface area contributed by atoms with E-state index in [2.05, 4.69) is 28.9 Å². The zero-order valence-corrected chi connectivity index (χ0v) is 13.2. The van der Waals surface area contributed by atoms with E-state index in [4.69, 9.17) is 4.52 Å². The molecule has 0 radical (unpaired) electrons. The van der Waals surface area contributed by atoms with Crippen LogP contribution >= 0.6 is 11.3 Å². The summed E-state index contributed by atoms with van der Waals surface area (Å²) in [4.78, 5) is 8.36. The third kappa shape index (κ3) is 2.79. The van der Waals surface area contributed by atoms with Gasteiger partial charge in [0.25, 0.3) is 0 Å². The van der Waals surface area contributed by atoms with E-state index in [1.165, 1.54) is 9.88 Å². The number of hydrogen-bond donors (Lipinski definition) is 0. The first-order valence-corrected chi connectivity index (χ1v) is 7.94. The molecular weight excluding hydrogens is 270 g/mol. The van der Waals surface area contributed by atoms with Crippen LogP contribution < -0.4 is 0 Å². The predicted octanol–water partition coefficient (Wildman–Crippen LogP) is 3.30. The van der Waals surface area contributed by atoms with Gasteiger partial charge in [-0.2, -0.15) is 0 Å². The first kappa shape index (κ1) is 13.8. The van der Waals surface area contributed by atoms with E-state index in [-0.39, 0.29) is 5.41 Å². The molecule has 0 saturated carbocycles. The monoisotopic (exact) mass is 291 g/mol. The van der Waals surface area contributed by atoms with Gasteiger partial charge in [-0.25, -0.2) is 4.98 Å². The van der Waals surface area contributed by atoms with E-state index in [1.54, 1.807) is 0 Å². The molecule has 5 heteroatoms. The lowest BCUT2D eigenvalue weighted by Crippen LogP contribution is -2.40. The van der Waals surface area contributed by atoms with E-state index in [0.717, 1.165) is 43.9 Å². The topological polar surface area (TPSA) is 42.2 Å². The van der Waals surface area contributed by atoms with Gasteiger partial charge in [-0.05, 0) is 39.8 Å². The molecule has 4 nitrogen and oxygen atoms in total. The molecule has 1 saturated heterocycles. The molecular formula is C15H21N3OS. The van der Waals surface area contributed by atoms with Gasteiger partial charge in [0.05, 0.1) is 10.7 Å². The van der Waals surface area contributed by atoms with Crippen molar-refractivity contribution in [2.24, 2.45) is 0 Å². The fraction of sp³-hybridized carbons (Fsp3) is 0.600. The summed E-state index contributed by atoms with van der Waals surface area (Å²) < 4.78 is 5.13. The van der Waals surface area contributed by atoms with E-state index >= 15 is 0 Å². The standard InChI is InChI=1S/C15H21N3OS/c1-11-8-13(17-19-11)10-18-6-4-15(3,5-7-18)14-16-9-12(2)20-14/h8-9H,4-7,10H2,1-3H3. The van der Waals surface area contributed by atoms with E-state index in [1.807, 2.05) is 30.5 Å². The predicted molar refractivity (Wildman–Crippen MR) is 80.0 cm³/mol. The van der Waals surface area contributed by atoms with Crippen molar-refractivity contribution in [1.29, 1.82) is 0 Å². The van der Waals surface area contributed by atoms with Crippen LogP contribution in [-0.2, 0) is 12.0 Å². The van der Waals surface area contributed by atoms with Gasteiger partial charge in [-0.3, -0.25) is 4.90 Å². The van der Waals surface area contributed by atoms with Crippen LogP contribution in [0.3, 0.4) is 0 Å². The van der Waals surface area contributed by atoms with Gasteiger partial charge in [-0.1, -0.05) is 12.1 Å². The van der Waals surface area contributed by atoms with Crippen molar-refractivity contribution < 1.29 is 4.52 Å². The Morgan fingerprint density at radius 2 is 2.10 bits per heavy atom. The van der Waals surface area contributed by atoms with Crippen LogP contribution in [-0.4, -0.2) is 28.1 Å². The molecule has 1 fully saturated rings. The molecule has 0 bridgehead atoms. The molecule has 0 amide bonds. The largest absolute Gasteiger partial charge is 0.361 e. The second-order valence-corrected chi connectivity index (χ2v) is 7.28. The highest BCUT2D eigenvalue weighted by molar-refractivity contribution is 7.11. The van der Waals surface area contributed by atoms with Gasteiger partial charge >= 0.3 is 0 Å². The first-order valence-electron chi connectivity index (χ1n) is 7.13. The lowest BCUT2D eigenvalue weighted by atomic mass is 9.81. The molecule has 0 atom stereocenters. The second-order valence-electron chi connectivity index (χ2n) is 6.04. The molecule has 1 aliphatic heterocycles. The van der Waals surface area contributed by atoms with Crippen LogP contribution in [0.2, 0.25) is 0 Å². The van der Waals surface area contributed by atoms with Crippen molar-refractivity contribution in [3.63, 3.8) is 0 Å². The molecule has 20 heavy (non-hydrogen) atoms. The molecule has 0 aromatic carbocycles. The Hall–Kier alpha value is -1.20. The number of rotatable bonds is 3. The van der Waals surface area contributed by atoms with Gasteiger partial charge in [0.2, 0.25) is 0 Å². The minimum absolute atomic E-state index is 0.245. The molecule has 3 rings (SSSR count). The molecule has 108 valence electrons. The summed E-state index contributed by atoms with van der Waals surface area (Å²) in [7, 11) is 0. The normalized spacial score (nSPS) is 19.4. The zero-order valence-electron chi connectivity index (χ0n) is 12.3. The minimum atomic E-state index is 0.245. The number of nitrogens with zero attached hydrogens (tertiary/aromatic N) is 3. The van der Waals surface area contributed by atoms with Crippen molar-refractivity contribution >= 4 is 11.3 Å². The molecule has 1 aliphatic rings. The molecule has 3 heterocycles. The quantitative estimate of drug-likeness (QED) is 0.870. The van der Waals surface area contributed by atoms with E-state index in [9.17, 15) is 0 Å². The Morgan fingerprint density at radius 1 is 1.35 bits per heavy atom. The summed E-state index contributed by atoms with van der Waals surface area (Å²) >= 11 is 1.84. The maximum Gasteiger partial charge on any atom is 0.133 e. The number of hydrogen-bond acceptors (Lipinski definition) is 5. The van der Waals surface area contributed by atoms with Crippen LogP contribution in [0.1, 0.15) is 41.1 Å². The summed E-state index contributed by atoms with van der Waals surface area (Å²) in [6.45, 7) is 9.51. The number of aryl methyl sites for hydroxylation is 2. The summed E-state index contributed by atoms with van der Waals surface area (Å²) in [6, 6.07) is 2.03. The summed E-state index contributed by atoms with van der Waals surface area (Å²) in [5.74, 6) is 0.889. The maximum absolute atomic E-state index is 5.13. The minimum Gasteiger partial charge on any atom is -0.361 e. The Bertz CT molecular complexity index is 581.